The van der Waals surface area contributed by atoms with E-state index in [9.17, 15) is 34.5 Å². The summed E-state index contributed by atoms with van der Waals surface area (Å²) in [7, 11) is 0. The van der Waals surface area contributed by atoms with E-state index in [4.69, 9.17) is 25.0 Å². The van der Waals surface area contributed by atoms with E-state index in [1.807, 2.05) is 82.3 Å². The van der Waals surface area contributed by atoms with Crippen LogP contribution in [0.1, 0.15) is 343 Å². The number of nitrogens with zero attached hydrogens (tertiary/aromatic N) is 4. The molecule has 0 saturated carbocycles. The fourth-order valence-electron chi connectivity index (χ4n) is 24.1. The van der Waals surface area contributed by atoms with Gasteiger partial charge in [-0.25, -0.2) is 24.0 Å². The lowest BCUT2D eigenvalue weighted by atomic mass is 9.72. The van der Waals surface area contributed by atoms with Gasteiger partial charge in [-0.1, -0.05) is 193 Å². The first-order chi connectivity index (χ1) is 71.5. The minimum absolute atomic E-state index is 0.0325. The SMILES string of the molecule is CC(C)c1ccc(C2=c3cc4c5c(c3Oc3c2cc2c6c3CCCN6CCC2)CCC[N+]=5CCC4)c(C(=O)O)c1.CCCc1cc2c(cc1C)C(c1ccc(C(C)C)cc1C(=O)O)C1C=C(C)C(=[NH+]CC)C=C1O2.CCN1\C(=C/C=C/C=C/C2=[N+](CCCCCC(=O)NCC(C)(C)C(C)C)c3ccc(C)cc3C2(C)C)C(C)(C)c2cc(C)ccc21.Cc1c2oc3c(C)c(N)ccc3c(-c3ccc(C(C)C)cc3C(=O)O)c-2ccc1=[NH2+]. The number of nitrogen functional groups attached to an aromatic ring is 1. The van der Waals surface area contributed by atoms with Crippen molar-refractivity contribution >= 4 is 74.5 Å². The van der Waals surface area contributed by atoms with Gasteiger partial charge in [-0.2, -0.15) is 4.58 Å². The highest BCUT2D eigenvalue weighted by Crippen LogP contribution is 2.55. The summed E-state index contributed by atoms with van der Waals surface area (Å²) in [6.45, 7) is 57.6. The number of nitrogens with two attached hydrogens (primary N) is 2. The average molecular weight is 2020 g/mol. The van der Waals surface area contributed by atoms with Crippen molar-refractivity contribution in [3.8, 4) is 39.7 Å². The van der Waals surface area contributed by atoms with Crippen molar-refractivity contribution < 1.29 is 63.4 Å². The molecule has 9 aliphatic heterocycles. The predicted molar refractivity (Wildman–Crippen MR) is 611 cm³/mol. The maximum absolute atomic E-state index is 12.8. The molecule has 150 heavy (non-hydrogen) atoms. The topological polar surface area (TPSA) is 251 Å². The summed E-state index contributed by atoms with van der Waals surface area (Å²) in [6.07, 6.45) is 29.9. The van der Waals surface area contributed by atoms with Crippen molar-refractivity contribution in [2.45, 2.75) is 284 Å². The molecule has 782 valence electrons. The van der Waals surface area contributed by atoms with E-state index < -0.39 is 17.9 Å². The Kier molecular flexibility index (Phi) is 31.6. The number of benzene rings is 10. The van der Waals surface area contributed by atoms with Crippen LogP contribution >= 0.6 is 0 Å². The van der Waals surface area contributed by atoms with Gasteiger partial charge in [0.05, 0.1) is 33.2 Å². The Hall–Kier alpha value is -13.7. The first-order valence-electron chi connectivity index (χ1n) is 55.2. The number of anilines is 3. The normalized spacial score (nSPS) is 17.4. The molecule has 2 aliphatic carbocycles. The number of unbranched alkanes of at least 4 members (excludes halogenated alkanes) is 2. The van der Waals surface area contributed by atoms with Crippen molar-refractivity contribution in [1.29, 1.82) is 0 Å². The molecule has 9 N–H and O–H groups in total. The van der Waals surface area contributed by atoms with E-state index >= 15 is 0 Å². The summed E-state index contributed by atoms with van der Waals surface area (Å²) >= 11 is 0. The lowest BCUT2D eigenvalue weighted by molar-refractivity contribution is -0.451. The van der Waals surface area contributed by atoms with Gasteiger partial charge in [0.1, 0.15) is 60.5 Å². The number of nitrogens with one attached hydrogen (secondary N) is 2. The van der Waals surface area contributed by atoms with Gasteiger partial charge in [-0.15, -0.1) is 0 Å². The van der Waals surface area contributed by atoms with E-state index in [1.165, 1.54) is 89.5 Å². The smallest absolute Gasteiger partial charge is 0.336 e. The van der Waals surface area contributed by atoms with Gasteiger partial charge in [-0.3, -0.25) is 10.2 Å². The Morgan fingerprint density at radius 1 is 0.627 bits per heavy atom. The van der Waals surface area contributed by atoms with Crippen LogP contribution in [0.15, 0.2) is 204 Å². The molecule has 2 unspecified atom stereocenters. The molecule has 0 radical (unpaired) electrons. The molecule has 0 aromatic heterocycles. The lowest BCUT2D eigenvalue weighted by Crippen LogP contribution is -2.72. The van der Waals surface area contributed by atoms with Crippen LogP contribution in [0.3, 0.4) is 0 Å². The molecule has 18 heteroatoms. The summed E-state index contributed by atoms with van der Waals surface area (Å²) in [5.74, 6) is 2.84. The Bertz CT molecular complexity index is 7630. The highest BCUT2D eigenvalue weighted by Gasteiger charge is 2.47. The maximum Gasteiger partial charge on any atom is 0.336 e. The van der Waals surface area contributed by atoms with Gasteiger partial charge in [0, 0.05) is 182 Å². The van der Waals surface area contributed by atoms with E-state index in [0.29, 0.717) is 51.4 Å². The number of fused-ring (bicyclic) bond motifs is 10. The summed E-state index contributed by atoms with van der Waals surface area (Å²) in [5, 5.41) is 43.9. The molecule has 0 spiro atoms. The third-order valence-electron chi connectivity index (χ3n) is 33.5. The van der Waals surface area contributed by atoms with E-state index in [-0.39, 0.29) is 57.3 Å². The fraction of sp³-hybridized carbons (Fsp3) is 0.409. The molecule has 0 fully saturated rings. The highest BCUT2D eigenvalue weighted by molar-refractivity contribution is 6.10. The lowest BCUT2D eigenvalue weighted by Gasteiger charge is -2.39. The maximum atomic E-state index is 12.8. The number of carboxylic acid groups (broad SMARTS) is 3. The standard InChI is InChI=1S/C42H59N3O.C35H36N2O3.C30H35NO3.C25H24N2O3/c1-12-44-35-24-22-31(4)27-33(35)41(8,9)37(44)19-15-13-16-20-38-42(10,11)34-28-32(5)23-25-36(34)45(38)26-18-14-17-21-39(46)43-29-40(6,7)30(2)3;1-20(2)21-11-12-24(27(17-21)35(38)39)30-28-18-22-7-3-13-36-15-5-9-25(31(22)36)33(28)40-34-26-10-6-16-37-14-4-8-23(32(26)37)19-29(30)34;1-7-9-21-15-27-24(12-18(21)5)29(22-11-10-20(17(3)4)14-23(22)30(32)33)25-13-19(6)26(31-8-2)16-28(25)34-27;1-12(2)15-5-6-16(19(11-15)25(28)29)22-17-7-9-20(26)13(3)23(17)30-24-14(4)21(27)10-8-18(22)24/h13,15-16,19-20,22-25,27-28,30H,12,14,17-18,21,26,29H2,1-11H3;11-12,17-20H,3-10,13-16H2,1-2H3;10-17,25,29H,7-9H2,1-6H3,(H,32,33);5-12,26H,27H2,1-4H3,(H,28,29)/p+4. The second-order valence-electron chi connectivity index (χ2n) is 46.1. The molecule has 20 rings (SSSR count). The molecular weight excluding hydrogens is 1860 g/mol. The quantitative estimate of drug-likeness (QED) is 0.00926. The molecule has 1 amide bonds. The van der Waals surface area contributed by atoms with Crippen molar-refractivity contribution in [2.24, 2.45) is 17.3 Å². The Morgan fingerprint density at radius 3 is 1.94 bits per heavy atom. The number of likely N-dealkylation sites (N-methyl/N-ethyl adjacent to an activating group) is 1. The van der Waals surface area contributed by atoms with E-state index in [2.05, 4.69) is 282 Å². The number of hydrogen-bond donors (Lipinski definition) is 7. The largest absolute Gasteiger partial charge is 0.478 e. The van der Waals surface area contributed by atoms with Crippen LogP contribution < -0.4 is 61.2 Å². The first-order valence-corrected chi connectivity index (χ1v) is 55.2. The van der Waals surface area contributed by atoms with Gasteiger partial charge in [0.2, 0.25) is 28.0 Å². The van der Waals surface area contributed by atoms with Crippen LogP contribution in [0.2, 0.25) is 0 Å². The molecule has 9 heterocycles. The Morgan fingerprint density at radius 2 is 1.27 bits per heavy atom. The molecular formula is C132H158N8O10+4. The van der Waals surface area contributed by atoms with Gasteiger partial charge >= 0.3 is 17.9 Å². The summed E-state index contributed by atoms with van der Waals surface area (Å²) in [6, 6.07) is 47.9. The predicted octanol–water partition coefficient (Wildman–Crippen LogP) is 24.0. The molecule has 18 nitrogen and oxygen atoms in total. The average Bonchev–Trinajstić information content (AvgIpc) is 1.56. The second-order valence-corrected chi connectivity index (χ2v) is 46.1. The molecule has 2 atom stereocenters. The van der Waals surface area contributed by atoms with Crippen LogP contribution in [-0.4, -0.2) is 107 Å². The molecule has 9 aromatic rings. The van der Waals surface area contributed by atoms with Crippen LogP contribution in [0.5, 0.6) is 17.2 Å². The third kappa shape index (κ3) is 21.0. The third-order valence-corrected chi connectivity index (χ3v) is 33.5. The minimum atomic E-state index is -0.964. The van der Waals surface area contributed by atoms with Gasteiger partial charge in [-0.05, 0) is 285 Å². The molecule has 0 bridgehead atoms. The van der Waals surface area contributed by atoms with Crippen molar-refractivity contribution in [2.75, 3.05) is 67.9 Å². The van der Waals surface area contributed by atoms with Crippen LogP contribution in [0.4, 0.5) is 22.7 Å². The van der Waals surface area contributed by atoms with Crippen molar-refractivity contribution in [1.82, 2.24) is 9.89 Å². The van der Waals surface area contributed by atoms with Crippen molar-refractivity contribution in [3.63, 3.8) is 0 Å². The molecule has 9 aromatic carbocycles. The zero-order valence-corrected chi connectivity index (χ0v) is 93.0. The number of amides is 1. The Balaban J connectivity index is 0.000000138. The summed E-state index contributed by atoms with van der Waals surface area (Å²) in [5.41, 5.74) is 42.5. The number of hydrogen-bond acceptors (Lipinski definition) is 10. The molecule has 0 saturated heterocycles. The van der Waals surface area contributed by atoms with Crippen LogP contribution in [0.25, 0.3) is 39.0 Å². The fourth-order valence-corrected chi connectivity index (χ4v) is 24.1. The number of ether oxygens (including phenoxy) is 2. The number of carbonyl (C=O) groups excluding carboxylic acids is 1. The minimum Gasteiger partial charge on any atom is -0.478 e. The second kappa shape index (κ2) is 44.1. The van der Waals surface area contributed by atoms with Gasteiger partial charge in [0.25, 0.3) is 0 Å². The van der Waals surface area contributed by atoms with E-state index in [1.54, 1.807) is 6.07 Å². The number of rotatable bonds is 25. The number of carbonyl (C=O) groups is 4. The number of aromatic carboxylic acids is 3. The zero-order chi connectivity index (χ0) is 107. The van der Waals surface area contributed by atoms with Gasteiger partial charge < -0.3 is 50.1 Å². The summed E-state index contributed by atoms with van der Waals surface area (Å²) < 4.78 is 25.0. The van der Waals surface area contributed by atoms with E-state index in [0.717, 1.165) is 247 Å². The molecule has 11 aliphatic rings. The monoisotopic (exact) mass is 2020 g/mol. The van der Waals surface area contributed by atoms with Crippen molar-refractivity contribution in [3.05, 3.63) is 337 Å². The number of aryl methyl sites for hydroxylation is 7. The van der Waals surface area contributed by atoms with Crippen LogP contribution in [0, 0.1) is 51.9 Å². The number of allylic oxidation sites excluding steroid dienone is 9. The Labute approximate surface area is 888 Å². The first kappa shape index (κ1) is 108. The van der Waals surface area contributed by atoms with Crippen LogP contribution in [-0.2, 0) is 47.7 Å². The highest BCUT2D eigenvalue weighted by atomic mass is 16.5. The van der Waals surface area contributed by atoms with Gasteiger partial charge in [0.15, 0.2) is 5.71 Å². The number of carboxylic acids is 3. The summed E-state index contributed by atoms with van der Waals surface area (Å²) in [4.78, 5) is 58.5. The zero-order valence-electron chi connectivity index (χ0n) is 93.0.